The van der Waals surface area contributed by atoms with Gasteiger partial charge in [0.1, 0.15) is 0 Å². The van der Waals surface area contributed by atoms with Gasteiger partial charge in [0.05, 0.1) is 42.2 Å². The molecule has 0 amide bonds. The zero-order valence-electron chi connectivity index (χ0n) is 14.6. The van der Waals surface area contributed by atoms with Gasteiger partial charge < -0.3 is 14.0 Å². The van der Waals surface area contributed by atoms with Crippen molar-refractivity contribution in [2.75, 3.05) is 13.2 Å². The minimum Gasteiger partial charge on any atom is -0.348 e. The highest BCUT2D eigenvalue weighted by Crippen LogP contribution is 2.68. The molecule has 2 saturated carbocycles. The van der Waals surface area contributed by atoms with Crippen LogP contribution in [0.1, 0.15) is 44.6 Å². The molecule has 2 aromatic rings. The number of nitrogens with zero attached hydrogens (tertiary/aromatic N) is 3. The maximum atomic E-state index is 9.22. The van der Waals surface area contributed by atoms with Crippen molar-refractivity contribution < 1.29 is 9.47 Å². The smallest absolute Gasteiger partial charge is 0.169 e. The minimum absolute atomic E-state index is 0.117. The number of ether oxygens (including phenoxy) is 2. The standard InChI is InChI=1S/C20H23N3O2/c1-18(12-20(24-8-9-25-20)7-6-19(18)4-5-19)13-23-14-22-16-3-2-15(11-21)10-17(16)23/h2-3,10,14H,4-9,12-13H2,1H3/t18-/m0/s1. The third-order valence-electron chi connectivity index (χ3n) is 6.86. The van der Waals surface area contributed by atoms with Gasteiger partial charge in [0.25, 0.3) is 0 Å². The number of imidazole rings is 1. The number of hydrogen-bond donors (Lipinski definition) is 0. The van der Waals surface area contributed by atoms with E-state index in [1.54, 1.807) is 0 Å². The van der Waals surface area contributed by atoms with Crippen LogP contribution in [0.4, 0.5) is 0 Å². The summed E-state index contributed by atoms with van der Waals surface area (Å²) in [6, 6.07) is 7.96. The molecule has 5 rings (SSSR count). The molecule has 2 spiro atoms. The Bertz CT molecular complexity index is 871. The average molecular weight is 337 g/mol. The van der Waals surface area contributed by atoms with Gasteiger partial charge in [-0.25, -0.2) is 4.98 Å². The van der Waals surface area contributed by atoms with Gasteiger partial charge in [-0.15, -0.1) is 0 Å². The van der Waals surface area contributed by atoms with E-state index in [-0.39, 0.29) is 11.2 Å². The van der Waals surface area contributed by atoms with Crippen molar-refractivity contribution in [2.45, 2.75) is 51.4 Å². The Hall–Kier alpha value is -1.90. The summed E-state index contributed by atoms with van der Waals surface area (Å²) in [6.45, 7) is 4.71. The van der Waals surface area contributed by atoms with Crippen molar-refractivity contribution in [3.63, 3.8) is 0 Å². The lowest BCUT2D eigenvalue weighted by molar-refractivity contribution is -0.217. The second kappa shape index (κ2) is 5.06. The number of nitriles is 1. The first-order valence-corrected chi connectivity index (χ1v) is 9.20. The van der Waals surface area contributed by atoms with Crippen LogP contribution in [0.25, 0.3) is 11.0 Å². The molecule has 2 aliphatic carbocycles. The quantitative estimate of drug-likeness (QED) is 0.840. The summed E-state index contributed by atoms with van der Waals surface area (Å²) in [7, 11) is 0. The second-order valence-electron chi connectivity index (χ2n) is 8.31. The Kier molecular flexibility index (Phi) is 3.11. The van der Waals surface area contributed by atoms with Crippen molar-refractivity contribution in [1.82, 2.24) is 9.55 Å². The van der Waals surface area contributed by atoms with Crippen molar-refractivity contribution in [2.24, 2.45) is 10.8 Å². The summed E-state index contributed by atoms with van der Waals surface area (Å²) >= 11 is 0. The van der Waals surface area contributed by atoms with Crippen molar-refractivity contribution >= 4 is 11.0 Å². The maximum absolute atomic E-state index is 9.22. The van der Waals surface area contributed by atoms with E-state index in [1.807, 2.05) is 24.5 Å². The van der Waals surface area contributed by atoms with Gasteiger partial charge in [0, 0.05) is 19.4 Å². The Labute approximate surface area is 147 Å². The van der Waals surface area contributed by atoms with Gasteiger partial charge in [0.15, 0.2) is 5.79 Å². The van der Waals surface area contributed by atoms with Gasteiger partial charge in [0.2, 0.25) is 0 Å². The van der Waals surface area contributed by atoms with E-state index in [0.717, 1.165) is 30.4 Å². The summed E-state index contributed by atoms with van der Waals surface area (Å²) < 4.78 is 14.3. The van der Waals surface area contributed by atoms with Crippen molar-refractivity contribution in [1.29, 1.82) is 5.26 Å². The largest absolute Gasteiger partial charge is 0.348 e. The molecular weight excluding hydrogens is 314 g/mol. The molecule has 3 aliphatic rings. The maximum Gasteiger partial charge on any atom is 0.169 e. The molecular formula is C20H23N3O2. The summed E-state index contributed by atoms with van der Waals surface area (Å²) in [6.07, 6.45) is 7.67. The lowest BCUT2D eigenvalue weighted by Crippen LogP contribution is -2.48. The minimum atomic E-state index is -0.378. The predicted octanol–water partition coefficient (Wildman–Crippen LogP) is 3.62. The third-order valence-corrected chi connectivity index (χ3v) is 6.86. The highest BCUT2D eigenvalue weighted by molar-refractivity contribution is 5.77. The lowest BCUT2D eigenvalue weighted by Gasteiger charge is -2.49. The Morgan fingerprint density at radius 2 is 1.96 bits per heavy atom. The fourth-order valence-corrected chi connectivity index (χ4v) is 5.20. The van der Waals surface area contributed by atoms with Crippen molar-refractivity contribution in [3.05, 3.63) is 30.1 Å². The van der Waals surface area contributed by atoms with E-state index in [2.05, 4.69) is 22.5 Å². The van der Waals surface area contributed by atoms with Gasteiger partial charge >= 0.3 is 0 Å². The molecule has 2 heterocycles. The zero-order chi connectivity index (χ0) is 17.1. The monoisotopic (exact) mass is 337 g/mol. The molecule has 1 aromatic carbocycles. The summed E-state index contributed by atoms with van der Waals surface area (Å²) in [5, 5.41) is 9.22. The van der Waals surface area contributed by atoms with Crippen molar-refractivity contribution in [3.8, 4) is 6.07 Å². The highest BCUT2D eigenvalue weighted by atomic mass is 16.7. The molecule has 3 fully saturated rings. The van der Waals surface area contributed by atoms with E-state index in [9.17, 15) is 5.26 Å². The highest BCUT2D eigenvalue weighted by Gasteiger charge is 2.63. The molecule has 0 N–H and O–H groups in total. The predicted molar refractivity (Wildman–Crippen MR) is 92.7 cm³/mol. The Balaban J connectivity index is 1.52. The van der Waals surface area contributed by atoms with Gasteiger partial charge in [-0.3, -0.25) is 0 Å². The van der Waals surface area contributed by atoms with Crippen LogP contribution >= 0.6 is 0 Å². The fraction of sp³-hybridized carbons (Fsp3) is 0.600. The van der Waals surface area contributed by atoms with Crippen LogP contribution in [-0.2, 0) is 16.0 Å². The topological polar surface area (TPSA) is 60.1 Å². The first-order valence-electron chi connectivity index (χ1n) is 9.20. The Morgan fingerprint density at radius 1 is 1.20 bits per heavy atom. The molecule has 0 unspecified atom stereocenters. The summed E-state index contributed by atoms with van der Waals surface area (Å²) in [5.41, 5.74) is 3.21. The van der Waals surface area contributed by atoms with E-state index in [0.29, 0.717) is 24.2 Å². The SMILES string of the molecule is C[C@@]1(Cn2cnc3ccc(C#N)cc32)CC2(CCC13CC3)OCCO2. The normalized spacial score (nSPS) is 29.3. The van der Waals surface area contributed by atoms with Crippen LogP contribution < -0.4 is 0 Å². The molecule has 1 aliphatic heterocycles. The Morgan fingerprint density at radius 3 is 2.68 bits per heavy atom. The molecule has 1 saturated heterocycles. The molecule has 25 heavy (non-hydrogen) atoms. The van der Waals surface area contributed by atoms with Gasteiger partial charge in [-0.05, 0) is 48.3 Å². The summed E-state index contributed by atoms with van der Waals surface area (Å²) in [5.74, 6) is -0.378. The molecule has 130 valence electrons. The van der Waals surface area contributed by atoms with Crippen LogP contribution in [0.5, 0.6) is 0 Å². The molecule has 0 radical (unpaired) electrons. The number of hydrogen-bond acceptors (Lipinski definition) is 4. The van der Waals surface area contributed by atoms with E-state index in [1.165, 1.54) is 19.3 Å². The molecule has 1 aromatic heterocycles. The van der Waals surface area contributed by atoms with Crippen LogP contribution in [0.15, 0.2) is 24.5 Å². The molecule has 5 nitrogen and oxygen atoms in total. The average Bonchev–Trinajstić information content (AvgIpc) is 3.13. The number of rotatable bonds is 2. The van der Waals surface area contributed by atoms with Gasteiger partial charge in [-0.2, -0.15) is 5.26 Å². The first kappa shape index (κ1) is 15.4. The van der Waals surface area contributed by atoms with Crippen LogP contribution in [0.3, 0.4) is 0 Å². The van der Waals surface area contributed by atoms with E-state index in [4.69, 9.17) is 9.47 Å². The summed E-state index contributed by atoms with van der Waals surface area (Å²) in [4.78, 5) is 4.54. The number of fused-ring (bicyclic) bond motifs is 1. The first-order chi connectivity index (χ1) is 12.1. The number of benzene rings is 1. The number of aromatic nitrogens is 2. The molecule has 0 bridgehead atoms. The van der Waals surface area contributed by atoms with Crippen LogP contribution in [-0.4, -0.2) is 28.6 Å². The zero-order valence-corrected chi connectivity index (χ0v) is 14.6. The fourth-order valence-electron chi connectivity index (χ4n) is 5.20. The molecule has 1 atom stereocenters. The van der Waals surface area contributed by atoms with E-state index >= 15 is 0 Å². The lowest BCUT2D eigenvalue weighted by atomic mass is 9.62. The molecule has 5 heteroatoms. The third kappa shape index (κ3) is 2.24. The van der Waals surface area contributed by atoms with Crippen LogP contribution in [0, 0.1) is 22.2 Å². The van der Waals surface area contributed by atoms with E-state index < -0.39 is 0 Å². The van der Waals surface area contributed by atoms with Gasteiger partial charge in [-0.1, -0.05) is 6.92 Å². The second-order valence-corrected chi connectivity index (χ2v) is 8.31. The van der Waals surface area contributed by atoms with Crippen LogP contribution in [0.2, 0.25) is 0 Å².